The second-order valence-electron chi connectivity index (χ2n) is 6.98. The lowest BCUT2D eigenvalue weighted by molar-refractivity contribution is -0.118. The van der Waals surface area contributed by atoms with Gasteiger partial charge in [0.2, 0.25) is 15.9 Å². The molecule has 1 saturated heterocycles. The van der Waals surface area contributed by atoms with Gasteiger partial charge in [-0.1, -0.05) is 6.07 Å². The molecule has 0 aromatic heterocycles. The van der Waals surface area contributed by atoms with Crippen LogP contribution in [0.3, 0.4) is 0 Å². The highest BCUT2D eigenvalue weighted by molar-refractivity contribution is 7.99. The molecule has 8 nitrogen and oxygen atoms in total. The zero-order valence-electron chi connectivity index (χ0n) is 17.2. The third kappa shape index (κ3) is 6.46. The van der Waals surface area contributed by atoms with Gasteiger partial charge in [-0.2, -0.15) is 16.1 Å². The number of ether oxygens (including phenoxy) is 1. The van der Waals surface area contributed by atoms with Gasteiger partial charge >= 0.3 is 0 Å². The van der Waals surface area contributed by atoms with E-state index in [2.05, 4.69) is 10.6 Å². The minimum absolute atomic E-state index is 0.0884. The largest absolute Gasteiger partial charge is 0.484 e. The summed E-state index contributed by atoms with van der Waals surface area (Å²) in [4.78, 5) is 24.0. The van der Waals surface area contributed by atoms with Crippen LogP contribution in [0.15, 0.2) is 53.4 Å². The monoisotopic (exact) mass is 463 g/mol. The van der Waals surface area contributed by atoms with E-state index in [0.717, 1.165) is 12.8 Å². The summed E-state index contributed by atoms with van der Waals surface area (Å²) in [6.07, 6.45) is 3.57. The standard InChI is InChI=1S/C21H25N3O5S2/c1-30-15-21(26)22-16-7-9-18(10-8-16)29-14-20(25)23-17-5-4-6-19(13-17)31(27,28)24-11-2-3-12-24/h4-10,13H,2-3,11-12,14-15H2,1H3,(H,22,26)(H,23,25). The van der Waals surface area contributed by atoms with Crippen LogP contribution in [0.1, 0.15) is 12.8 Å². The highest BCUT2D eigenvalue weighted by atomic mass is 32.2. The van der Waals surface area contributed by atoms with Crippen molar-refractivity contribution in [1.82, 2.24) is 4.31 Å². The first kappa shape index (κ1) is 23.1. The van der Waals surface area contributed by atoms with Crippen molar-refractivity contribution in [1.29, 1.82) is 0 Å². The molecular weight excluding hydrogens is 438 g/mol. The first-order valence-electron chi connectivity index (χ1n) is 9.80. The molecule has 0 unspecified atom stereocenters. The van der Waals surface area contributed by atoms with Gasteiger partial charge in [0.1, 0.15) is 5.75 Å². The SMILES string of the molecule is CSCC(=O)Nc1ccc(OCC(=O)Nc2cccc(S(=O)(=O)N3CCCC3)c2)cc1. The van der Waals surface area contributed by atoms with Crippen LogP contribution in [-0.2, 0) is 19.6 Å². The topological polar surface area (TPSA) is 105 Å². The fraction of sp³-hybridized carbons (Fsp3) is 0.333. The average molecular weight is 464 g/mol. The molecule has 0 saturated carbocycles. The van der Waals surface area contributed by atoms with E-state index >= 15 is 0 Å². The van der Waals surface area contributed by atoms with Crippen molar-refractivity contribution >= 4 is 45.0 Å². The molecule has 0 atom stereocenters. The Morgan fingerprint density at radius 2 is 1.68 bits per heavy atom. The summed E-state index contributed by atoms with van der Waals surface area (Å²) < 4.78 is 32.3. The number of carbonyl (C=O) groups excluding carboxylic acids is 2. The number of benzene rings is 2. The van der Waals surface area contributed by atoms with Crippen LogP contribution in [0.5, 0.6) is 5.75 Å². The lowest BCUT2D eigenvalue weighted by Crippen LogP contribution is -2.28. The number of anilines is 2. The Balaban J connectivity index is 1.53. The number of hydrogen-bond donors (Lipinski definition) is 2. The average Bonchev–Trinajstić information content (AvgIpc) is 3.29. The van der Waals surface area contributed by atoms with Crippen LogP contribution in [0, 0.1) is 0 Å². The molecule has 3 rings (SSSR count). The van der Waals surface area contributed by atoms with Gasteiger partial charge in [0.15, 0.2) is 6.61 Å². The first-order valence-corrected chi connectivity index (χ1v) is 12.6. The van der Waals surface area contributed by atoms with Crippen molar-refractivity contribution < 1.29 is 22.7 Å². The van der Waals surface area contributed by atoms with E-state index in [1.165, 1.54) is 28.2 Å². The van der Waals surface area contributed by atoms with Crippen molar-refractivity contribution in [2.75, 3.05) is 42.3 Å². The van der Waals surface area contributed by atoms with E-state index in [1.54, 1.807) is 36.4 Å². The maximum atomic E-state index is 12.7. The number of nitrogens with one attached hydrogen (secondary N) is 2. The van der Waals surface area contributed by atoms with E-state index < -0.39 is 15.9 Å². The fourth-order valence-corrected chi connectivity index (χ4v) is 5.02. The molecule has 0 aliphatic carbocycles. The van der Waals surface area contributed by atoms with Gasteiger partial charge in [0, 0.05) is 24.5 Å². The number of nitrogens with zero attached hydrogens (tertiary/aromatic N) is 1. The number of carbonyl (C=O) groups is 2. The molecule has 2 aromatic carbocycles. The number of sulfonamides is 1. The summed E-state index contributed by atoms with van der Waals surface area (Å²) in [6, 6.07) is 12.9. The second-order valence-corrected chi connectivity index (χ2v) is 9.79. The number of hydrogen-bond acceptors (Lipinski definition) is 6. The summed E-state index contributed by atoms with van der Waals surface area (Å²) in [7, 11) is -3.55. The number of amides is 2. The van der Waals surface area contributed by atoms with E-state index in [4.69, 9.17) is 4.74 Å². The summed E-state index contributed by atoms with van der Waals surface area (Å²) in [5.74, 6) is 0.352. The van der Waals surface area contributed by atoms with Gasteiger partial charge in [-0.15, -0.1) is 0 Å². The second kappa shape index (κ2) is 10.7. The lowest BCUT2D eigenvalue weighted by atomic mass is 10.3. The Hall–Kier alpha value is -2.56. The Labute approximate surface area is 186 Å². The van der Waals surface area contributed by atoms with E-state index in [1.807, 2.05) is 6.26 Å². The molecule has 10 heteroatoms. The van der Waals surface area contributed by atoms with Gasteiger partial charge in [0.25, 0.3) is 5.91 Å². The molecule has 1 aliphatic heterocycles. The number of thioether (sulfide) groups is 1. The molecule has 31 heavy (non-hydrogen) atoms. The van der Waals surface area contributed by atoms with Crippen molar-refractivity contribution in [3.8, 4) is 5.75 Å². The first-order chi connectivity index (χ1) is 14.9. The fourth-order valence-electron chi connectivity index (χ4n) is 3.12. The van der Waals surface area contributed by atoms with E-state index in [9.17, 15) is 18.0 Å². The Morgan fingerprint density at radius 1 is 1.00 bits per heavy atom. The van der Waals surface area contributed by atoms with Crippen LogP contribution in [-0.4, -0.2) is 56.2 Å². The summed E-state index contributed by atoms with van der Waals surface area (Å²) in [5, 5.41) is 5.42. The third-order valence-corrected chi connectivity index (χ3v) is 7.05. The van der Waals surface area contributed by atoms with Crippen LogP contribution < -0.4 is 15.4 Å². The molecule has 2 aromatic rings. The van der Waals surface area contributed by atoms with Crippen LogP contribution in [0.25, 0.3) is 0 Å². The molecule has 0 spiro atoms. The zero-order valence-corrected chi connectivity index (χ0v) is 18.8. The van der Waals surface area contributed by atoms with Gasteiger partial charge in [-0.25, -0.2) is 8.42 Å². The third-order valence-electron chi connectivity index (χ3n) is 4.60. The highest BCUT2D eigenvalue weighted by Gasteiger charge is 2.27. The lowest BCUT2D eigenvalue weighted by Gasteiger charge is -2.16. The van der Waals surface area contributed by atoms with Crippen molar-refractivity contribution in [3.05, 3.63) is 48.5 Å². The Bertz CT molecular complexity index is 1020. The summed E-state index contributed by atoms with van der Waals surface area (Å²) >= 11 is 1.44. The highest BCUT2D eigenvalue weighted by Crippen LogP contribution is 2.23. The molecular formula is C21H25N3O5S2. The summed E-state index contributed by atoms with van der Waals surface area (Å²) in [5.41, 5.74) is 1.03. The molecule has 1 heterocycles. The molecule has 0 bridgehead atoms. The maximum absolute atomic E-state index is 12.7. The molecule has 2 N–H and O–H groups in total. The predicted molar refractivity (Wildman–Crippen MR) is 122 cm³/mol. The van der Waals surface area contributed by atoms with Gasteiger partial charge in [-0.3, -0.25) is 9.59 Å². The van der Waals surface area contributed by atoms with Gasteiger partial charge in [-0.05, 0) is 61.6 Å². The van der Waals surface area contributed by atoms with Crippen LogP contribution in [0.4, 0.5) is 11.4 Å². The minimum atomic E-state index is -3.55. The Morgan fingerprint density at radius 3 is 2.35 bits per heavy atom. The van der Waals surface area contributed by atoms with E-state index in [0.29, 0.717) is 36.0 Å². The van der Waals surface area contributed by atoms with Crippen molar-refractivity contribution in [2.24, 2.45) is 0 Å². The number of rotatable bonds is 9. The normalized spacial score (nSPS) is 14.2. The molecule has 2 amide bonds. The van der Waals surface area contributed by atoms with E-state index in [-0.39, 0.29) is 17.4 Å². The summed E-state index contributed by atoms with van der Waals surface area (Å²) in [6.45, 7) is 0.806. The smallest absolute Gasteiger partial charge is 0.262 e. The predicted octanol–water partition coefficient (Wildman–Crippen LogP) is 2.79. The molecule has 1 aliphatic rings. The molecule has 0 radical (unpaired) electrons. The zero-order chi connectivity index (χ0) is 22.3. The van der Waals surface area contributed by atoms with Gasteiger partial charge in [0.05, 0.1) is 10.6 Å². The van der Waals surface area contributed by atoms with Crippen LogP contribution in [0.2, 0.25) is 0 Å². The quantitative estimate of drug-likeness (QED) is 0.593. The minimum Gasteiger partial charge on any atom is -0.484 e. The molecule has 1 fully saturated rings. The van der Waals surface area contributed by atoms with Crippen molar-refractivity contribution in [3.63, 3.8) is 0 Å². The Kier molecular flexibility index (Phi) is 7.94. The van der Waals surface area contributed by atoms with Crippen LogP contribution >= 0.6 is 11.8 Å². The van der Waals surface area contributed by atoms with Gasteiger partial charge < -0.3 is 15.4 Å². The molecule has 166 valence electrons. The maximum Gasteiger partial charge on any atom is 0.262 e. The van der Waals surface area contributed by atoms with Crippen molar-refractivity contribution in [2.45, 2.75) is 17.7 Å².